The summed E-state index contributed by atoms with van der Waals surface area (Å²) < 4.78 is 6.70. The lowest BCUT2D eigenvalue weighted by Crippen LogP contribution is -1.89. The third kappa shape index (κ3) is 3.96. The second-order valence-corrected chi connectivity index (χ2v) is 5.17. The molecule has 0 aliphatic heterocycles. The van der Waals surface area contributed by atoms with E-state index in [1.807, 2.05) is 49.4 Å². The molecule has 20 heavy (non-hydrogen) atoms. The molecule has 0 saturated carbocycles. The summed E-state index contributed by atoms with van der Waals surface area (Å²) in [6.45, 7) is 1.91. The predicted octanol–water partition coefficient (Wildman–Crippen LogP) is 4.65. The first-order valence-electron chi connectivity index (χ1n) is 6.00. The van der Waals surface area contributed by atoms with Crippen LogP contribution in [0.15, 0.2) is 53.0 Å². The summed E-state index contributed by atoms with van der Waals surface area (Å²) in [7, 11) is 0. The Morgan fingerprint density at radius 2 is 1.95 bits per heavy atom. The van der Waals surface area contributed by atoms with E-state index in [1.54, 1.807) is 6.08 Å². The molecule has 0 aliphatic carbocycles. The zero-order valence-electron chi connectivity index (χ0n) is 10.8. The van der Waals surface area contributed by atoms with Crippen LogP contribution in [-0.4, -0.2) is 11.1 Å². The van der Waals surface area contributed by atoms with Gasteiger partial charge in [-0.3, -0.25) is 0 Å². The van der Waals surface area contributed by atoms with Crippen molar-refractivity contribution in [1.29, 1.82) is 0 Å². The Kier molecular flexibility index (Phi) is 4.58. The average Bonchev–Trinajstić information content (AvgIpc) is 2.37. The summed E-state index contributed by atoms with van der Waals surface area (Å²) in [5.74, 6) is 0.500. The largest absolute Gasteiger partial charge is 0.478 e. The molecule has 0 atom stereocenters. The smallest absolute Gasteiger partial charge is 0.328 e. The highest BCUT2D eigenvalue weighted by Crippen LogP contribution is 2.26. The molecular weight excluding hydrogens is 320 g/mol. The SMILES string of the molecule is Cc1cc(Oc2cccc(Br)c2)ccc1C=CC(=O)O. The summed E-state index contributed by atoms with van der Waals surface area (Å²) in [4.78, 5) is 10.5. The number of aryl methyl sites for hydroxylation is 1. The Balaban J connectivity index is 2.19. The number of benzene rings is 2. The molecule has 2 rings (SSSR count). The molecule has 0 aliphatic rings. The molecule has 0 aromatic heterocycles. The minimum absolute atomic E-state index is 0.716. The maximum absolute atomic E-state index is 10.5. The Bertz CT molecular complexity index is 663. The lowest BCUT2D eigenvalue weighted by atomic mass is 10.1. The van der Waals surface area contributed by atoms with Crippen molar-refractivity contribution in [2.45, 2.75) is 6.92 Å². The third-order valence-electron chi connectivity index (χ3n) is 2.68. The number of hydrogen-bond acceptors (Lipinski definition) is 2. The van der Waals surface area contributed by atoms with Crippen molar-refractivity contribution in [3.05, 3.63) is 64.1 Å². The van der Waals surface area contributed by atoms with Crippen molar-refractivity contribution in [2.24, 2.45) is 0 Å². The molecular formula is C16H13BrO3. The molecule has 0 spiro atoms. The van der Waals surface area contributed by atoms with E-state index >= 15 is 0 Å². The van der Waals surface area contributed by atoms with Gasteiger partial charge in [0.25, 0.3) is 0 Å². The van der Waals surface area contributed by atoms with Gasteiger partial charge in [-0.05, 0) is 54.5 Å². The molecule has 2 aromatic rings. The maximum Gasteiger partial charge on any atom is 0.328 e. The highest BCUT2D eigenvalue weighted by molar-refractivity contribution is 9.10. The monoisotopic (exact) mass is 332 g/mol. The van der Waals surface area contributed by atoms with E-state index in [2.05, 4.69) is 15.9 Å². The maximum atomic E-state index is 10.5. The fraction of sp³-hybridized carbons (Fsp3) is 0.0625. The molecule has 0 amide bonds. The summed E-state index contributed by atoms with van der Waals surface area (Å²) in [5.41, 5.74) is 1.81. The summed E-state index contributed by atoms with van der Waals surface area (Å²) in [6, 6.07) is 13.1. The van der Waals surface area contributed by atoms with Crippen LogP contribution in [0.5, 0.6) is 11.5 Å². The van der Waals surface area contributed by atoms with Crippen LogP contribution in [-0.2, 0) is 4.79 Å². The Morgan fingerprint density at radius 3 is 2.60 bits per heavy atom. The average molecular weight is 333 g/mol. The number of carboxylic acids is 1. The predicted molar refractivity (Wildman–Crippen MR) is 82.1 cm³/mol. The summed E-state index contributed by atoms with van der Waals surface area (Å²) >= 11 is 3.39. The number of ether oxygens (including phenoxy) is 1. The fourth-order valence-corrected chi connectivity index (χ4v) is 2.10. The van der Waals surface area contributed by atoms with E-state index in [0.29, 0.717) is 5.75 Å². The minimum Gasteiger partial charge on any atom is -0.478 e. The van der Waals surface area contributed by atoms with Crippen molar-refractivity contribution in [1.82, 2.24) is 0 Å². The molecule has 2 aromatic carbocycles. The van der Waals surface area contributed by atoms with Gasteiger partial charge < -0.3 is 9.84 Å². The molecule has 102 valence electrons. The van der Waals surface area contributed by atoms with Gasteiger partial charge >= 0.3 is 5.97 Å². The van der Waals surface area contributed by atoms with Gasteiger partial charge in [0.05, 0.1) is 0 Å². The molecule has 0 radical (unpaired) electrons. The van der Waals surface area contributed by atoms with E-state index in [1.165, 1.54) is 0 Å². The number of carbonyl (C=O) groups is 1. The number of rotatable bonds is 4. The van der Waals surface area contributed by atoms with Crippen LogP contribution in [0.4, 0.5) is 0 Å². The standard InChI is InChI=1S/C16H13BrO3/c1-11-9-15(7-5-12(11)6-8-16(18)19)20-14-4-2-3-13(17)10-14/h2-10H,1H3,(H,18,19). The molecule has 1 N–H and O–H groups in total. The quantitative estimate of drug-likeness (QED) is 0.829. The zero-order valence-corrected chi connectivity index (χ0v) is 12.4. The topological polar surface area (TPSA) is 46.5 Å². The van der Waals surface area contributed by atoms with E-state index in [0.717, 1.165) is 27.4 Å². The molecule has 0 heterocycles. The molecule has 0 bridgehead atoms. The van der Waals surface area contributed by atoms with Crippen molar-refractivity contribution in [2.75, 3.05) is 0 Å². The van der Waals surface area contributed by atoms with Gasteiger partial charge in [-0.2, -0.15) is 0 Å². The van der Waals surface area contributed by atoms with Gasteiger partial charge in [-0.25, -0.2) is 4.79 Å². The van der Waals surface area contributed by atoms with Crippen LogP contribution < -0.4 is 4.74 Å². The lowest BCUT2D eigenvalue weighted by molar-refractivity contribution is -0.131. The van der Waals surface area contributed by atoms with Gasteiger partial charge in [0.2, 0.25) is 0 Å². The number of hydrogen-bond donors (Lipinski definition) is 1. The van der Waals surface area contributed by atoms with Crippen molar-refractivity contribution >= 4 is 28.0 Å². The normalized spacial score (nSPS) is 10.7. The van der Waals surface area contributed by atoms with E-state index in [9.17, 15) is 4.79 Å². The summed E-state index contributed by atoms with van der Waals surface area (Å²) in [5, 5.41) is 8.63. The van der Waals surface area contributed by atoms with Crippen LogP contribution in [0.1, 0.15) is 11.1 Å². The third-order valence-corrected chi connectivity index (χ3v) is 3.17. The first-order valence-corrected chi connectivity index (χ1v) is 6.79. The van der Waals surface area contributed by atoms with Crippen molar-refractivity contribution in [3.8, 4) is 11.5 Å². The second kappa shape index (κ2) is 6.39. The Hall–Kier alpha value is -2.07. The zero-order chi connectivity index (χ0) is 14.5. The van der Waals surface area contributed by atoms with Gasteiger partial charge in [0, 0.05) is 10.5 Å². The van der Waals surface area contributed by atoms with E-state index in [-0.39, 0.29) is 0 Å². The highest BCUT2D eigenvalue weighted by Gasteiger charge is 2.01. The lowest BCUT2D eigenvalue weighted by Gasteiger charge is -2.08. The van der Waals surface area contributed by atoms with Crippen molar-refractivity contribution < 1.29 is 14.6 Å². The van der Waals surface area contributed by atoms with Crippen molar-refractivity contribution in [3.63, 3.8) is 0 Å². The number of carboxylic acid groups (broad SMARTS) is 1. The second-order valence-electron chi connectivity index (χ2n) is 4.25. The number of aliphatic carboxylic acids is 1. The fourth-order valence-electron chi connectivity index (χ4n) is 1.73. The summed E-state index contributed by atoms with van der Waals surface area (Å²) in [6.07, 6.45) is 2.69. The van der Waals surface area contributed by atoms with E-state index in [4.69, 9.17) is 9.84 Å². The number of halogens is 1. The van der Waals surface area contributed by atoms with E-state index < -0.39 is 5.97 Å². The Labute approximate surface area is 125 Å². The van der Waals surface area contributed by atoms with Crippen LogP contribution in [0, 0.1) is 6.92 Å². The van der Waals surface area contributed by atoms with Gasteiger partial charge in [-0.1, -0.05) is 28.1 Å². The van der Waals surface area contributed by atoms with Crippen LogP contribution in [0.2, 0.25) is 0 Å². The molecule has 0 saturated heterocycles. The highest BCUT2D eigenvalue weighted by atomic mass is 79.9. The first-order chi connectivity index (χ1) is 9.54. The van der Waals surface area contributed by atoms with Gasteiger partial charge in [-0.15, -0.1) is 0 Å². The van der Waals surface area contributed by atoms with Crippen LogP contribution in [0.3, 0.4) is 0 Å². The Morgan fingerprint density at radius 1 is 1.20 bits per heavy atom. The molecule has 0 unspecified atom stereocenters. The van der Waals surface area contributed by atoms with Gasteiger partial charge in [0.1, 0.15) is 11.5 Å². The van der Waals surface area contributed by atoms with Crippen LogP contribution in [0.25, 0.3) is 6.08 Å². The first kappa shape index (κ1) is 14.3. The minimum atomic E-state index is -0.959. The van der Waals surface area contributed by atoms with Gasteiger partial charge in [0.15, 0.2) is 0 Å². The molecule has 4 heteroatoms. The molecule has 0 fully saturated rings. The molecule has 3 nitrogen and oxygen atoms in total. The van der Waals surface area contributed by atoms with Crippen LogP contribution >= 0.6 is 15.9 Å².